The van der Waals surface area contributed by atoms with E-state index in [1.807, 2.05) is 19.9 Å². The van der Waals surface area contributed by atoms with Crippen LogP contribution in [0.15, 0.2) is 24.5 Å². The highest BCUT2D eigenvalue weighted by atomic mass is 19.1. The van der Waals surface area contributed by atoms with Crippen LogP contribution in [0, 0.1) is 31.0 Å². The normalized spacial score (nSPS) is 10.1. The fraction of sp³-hybridized carbons (Fsp3) is 0.167. The van der Waals surface area contributed by atoms with E-state index in [0.717, 1.165) is 11.4 Å². The summed E-state index contributed by atoms with van der Waals surface area (Å²) in [4.78, 5) is 4.13. The van der Waals surface area contributed by atoms with Crippen molar-refractivity contribution < 1.29 is 4.39 Å². The molecule has 1 aromatic heterocycles. The molecule has 1 aromatic carbocycles. The lowest BCUT2D eigenvalue weighted by Gasteiger charge is -2.07. The van der Waals surface area contributed by atoms with Gasteiger partial charge >= 0.3 is 0 Å². The lowest BCUT2D eigenvalue weighted by atomic mass is 10.1. The Bertz CT molecular complexity index is 578. The first-order chi connectivity index (χ1) is 7.65. The number of hydrogen-bond acceptors (Lipinski definition) is 2. The predicted octanol–water partition coefficient (Wildman–Crippen LogP) is 2.50. The molecule has 16 heavy (non-hydrogen) atoms. The Morgan fingerprint density at radius 2 is 2.12 bits per heavy atom. The lowest BCUT2D eigenvalue weighted by Crippen LogP contribution is -2.00. The maximum absolute atomic E-state index is 13.4. The van der Waals surface area contributed by atoms with Crippen LogP contribution in [0.3, 0.4) is 0 Å². The molecule has 0 spiro atoms. The number of aryl methyl sites for hydroxylation is 1. The van der Waals surface area contributed by atoms with Gasteiger partial charge < -0.3 is 4.57 Å². The van der Waals surface area contributed by atoms with Crippen LogP contribution in [0.25, 0.3) is 5.69 Å². The second-order valence-corrected chi connectivity index (χ2v) is 3.53. The number of benzene rings is 1. The zero-order valence-corrected chi connectivity index (χ0v) is 9.03. The van der Waals surface area contributed by atoms with Gasteiger partial charge in [0.1, 0.15) is 17.4 Å². The van der Waals surface area contributed by atoms with Crippen LogP contribution in [0.4, 0.5) is 4.39 Å². The molecule has 0 saturated carbocycles. The molecule has 0 fully saturated rings. The van der Waals surface area contributed by atoms with E-state index in [-0.39, 0.29) is 5.56 Å². The third-order valence-electron chi connectivity index (χ3n) is 2.61. The number of halogens is 1. The molecule has 3 nitrogen and oxygen atoms in total. The number of rotatable bonds is 1. The molecular formula is C12H10FN3. The topological polar surface area (TPSA) is 41.6 Å². The van der Waals surface area contributed by atoms with Crippen LogP contribution in [-0.2, 0) is 0 Å². The molecule has 1 heterocycles. The molecule has 2 aromatic rings. The van der Waals surface area contributed by atoms with Crippen LogP contribution < -0.4 is 0 Å². The fourth-order valence-corrected chi connectivity index (χ4v) is 1.57. The summed E-state index contributed by atoms with van der Waals surface area (Å²) >= 11 is 0. The fourth-order valence-electron chi connectivity index (χ4n) is 1.57. The van der Waals surface area contributed by atoms with Crippen LogP contribution in [0.2, 0.25) is 0 Å². The Morgan fingerprint density at radius 3 is 2.69 bits per heavy atom. The summed E-state index contributed by atoms with van der Waals surface area (Å²) in [5.74, 6) is -0.509. The molecular weight excluding hydrogens is 205 g/mol. The lowest BCUT2D eigenvalue weighted by molar-refractivity contribution is 0.622. The van der Waals surface area contributed by atoms with Gasteiger partial charge in [-0.05, 0) is 26.0 Å². The monoisotopic (exact) mass is 215 g/mol. The third-order valence-corrected chi connectivity index (χ3v) is 2.61. The maximum Gasteiger partial charge on any atom is 0.143 e. The summed E-state index contributed by atoms with van der Waals surface area (Å²) in [5.41, 5.74) is 2.35. The van der Waals surface area contributed by atoms with Gasteiger partial charge in [0.25, 0.3) is 0 Å². The van der Waals surface area contributed by atoms with Crippen molar-refractivity contribution in [1.29, 1.82) is 5.26 Å². The van der Waals surface area contributed by atoms with Gasteiger partial charge in [-0.15, -0.1) is 0 Å². The molecule has 0 bridgehead atoms. The van der Waals surface area contributed by atoms with Crippen molar-refractivity contribution >= 4 is 0 Å². The minimum atomic E-state index is -0.509. The van der Waals surface area contributed by atoms with Crippen molar-refractivity contribution in [2.24, 2.45) is 0 Å². The minimum Gasteiger partial charge on any atom is -0.302 e. The quantitative estimate of drug-likeness (QED) is 0.733. The molecule has 2 rings (SSSR count). The molecule has 0 amide bonds. The van der Waals surface area contributed by atoms with Gasteiger partial charge in [0, 0.05) is 5.69 Å². The van der Waals surface area contributed by atoms with Crippen LogP contribution in [-0.4, -0.2) is 9.55 Å². The van der Waals surface area contributed by atoms with Crippen molar-refractivity contribution in [3.05, 3.63) is 47.3 Å². The van der Waals surface area contributed by atoms with Crippen molar-refractivity contribution in [3.8, 4) is 11.8 Å². The first kappa shape index (κ1) is 10.4. The van der Waals surface area contributed by atoms with Crippen molar-refractivity contribution in [2.75, 3.05) is 0 Å². The van der Waals surface area contributed by atoms with Gasteiger partial charge in [-0.2, -0.15) is 5.26 Å². The Balaban J connectivity index is 2.70. The zero-order valence-electron chi connectivity index (χ0n) is 9.03. The zero-order chi connectivity index (χ0) is 11.7. The van der Waals surface area contributed by atoms with Gasteiger partial charge in [-0.25, -0.2) is 9.37 Å². The molecule has 0 N–H and O–H groups in total. The summed E-state index contributed by atoms with van der Waals surface area (Å²) in [6.45, 7) is 3.76. The number of imidazole rings is 1. The van der Waals surface area contributed by atoms with Crippen molar-refractivity contribution in [2.45, 2.75) is 13.8 Å². The highest BCUT2D eigenvalue weighted by Gasteiger charge is 2.11. The number of hydrogen-bond donors (Lipinski definition) is 0. The highest BCUT2D eigenvalue weighted by molar-refractivity contribution is 5.50. The van der Waals surface area contributed by atoms with Gasteiger partial charge in [0.15, 0.2) is 0 Å². The van der Waals surface area contributed by atoms with E-state index < -0.39 is 5.82 Å². The molecule has 80 valence electrons. The average Bonchev–Trinajstić information content (AvgIpc) is 2.59. The van der Waals surface area contributed by atoms with E-state index in [2.05, 4.69) is 4.98 Å². The summed E-state index contributed by atoms with van der Waals surface area (Å²) < 4.78 is 15.1. The van der Waals surface area contributed by atoms with Crippen molar-refractivity contribution in [1.82, 2.24) is 9.55 Å². The van der Waals surface area contributed by atoms with Crippen LogP contribution in [0.1, 0.15) is 17.0 Å². The molecule has 0 aliphatic carbocycles. The molecule has 0 aliphatic rings. The van der Waals surface area contributed by atoms with E-state index in [9.17, 15) is 4.39 Å². The largest absolute Gasteiger partial charge is 0.302 e. The Hall–Kier alpha value is -2.15. The summed E-state index contributed by atoms with van der Waals surface area (Å²) in [7, 11) is 0. The first-order valence-electron chi connectivity index (χ1n) is 4.84. The Labute approximate surface area is 92.8 Å². The Kier molecular flexibility index (Phi) is 2.45. The minimum absolute atomic E-state index is 0.0444. The number of aromatic nitrogens is 2. The summed E-state index contributed by atoms with van der Waals surface area (Å²) in [5, 5.41) is 8.93. The molecule has 0 saturated heterocycles. The highest BCUT2D eigenvalue weighted by Crippen LogP contribution is 2.19. The van der Waals surface area contributed by atoms with Crippen LogP contribution in [0.5, 0.6) is 0 Å². The van der Waals surface area contributed by atoms with E-state index in [0.29, 0.717) is 5.69 Å². The van der Waals surface area contributed by atoms with Gasteiger partial charge in [0.05, 0.1) is 17.7 Å². The SMILES string of the molecule is Cc1ncn(-c2cccc(F)c2C#N)c1C. The maximum atomic E-state index is 13.4. The first-order valence-corrected chi connectivity index (χ1v) is 4.84. The van der Waals surface area contributed by atoms with Crippen LogP contribution >= 0.6 is 0 Å². The van der Waals surface area contributed by atoms with E-state index in [4.69, 9.17) is 5.26 Å². The molecule has 0 unspecified atom stereocenters. The molecule has 4 heteroatoms. The van der Waals surface area contributed by atoms with E-state index >= 15 is 0 Å². The predicted molar refractivity (Wildman–Crippen MR) is 57.7 cm³/mol. The Morgan fingerprint density at radius 1 is 1.38 bits per heavy atom. The second-order valence-electron chi connectivity index (χ2n) is 3.53. The summed E-state index contributed by atoms with van der Waals surface area (Å²) in [6.07, 6.45) is 1.60. The van der Waals surface area contributed by atoms with E-state index in [1.54, 1.807) is 23.0 Å². The second kappa shape index (κ2) is 3.78. The molecule has 0 aliphatic heterocycles. The third kappa shape index (κ3) is 1.47. The van der Waals surface area contributed by atoms with Gasteiger partial charge in [0.2, 0.25) is 0 Å². The number of nitriles is 1. The molecule has 0 radical (unpaired) electrons. The van der Waals surface area contributed by atoms with Gasteiger partial charge in [-0.3, -0.25) is 0 Å². The molecule has 0 atom stereocenters. The standard InChI is InChI=1S/C12H10FN3/c1-8-9(2)16(7-15-8)12-5-3-4-11(13)10(12)6-14/h3-5,7H,1-2H3. The van der Waals surface area contributed by atoms with Crippen molar-refractivity contribution in [3.63, 3.8) is 0 Å². The van der Waals surface area contributed by atoms with Gasteiger partial charge in [-0.1, -0.05) is 6.07 Å². The average molecular weight is 215 g/mol. The van der Waals surface area contributed by atoms with E-state index in [1.165, 1.54) is 6.07 Å². The summed E-state index contributed by atoms with van der Waals surface area (Å²) in [6, 6.07) is 6.44. The number of nitrogens with zero attached hydrogens (tertiary/aromatic N) is 3. The smallest absolute Gasteiger partial charge is 0.143 e.